The third-order valence-electron chi connectivity index (χ3n) is 2.76. The van der Waals surface area contributed by atoms with Crippen LogP contribution in [0.15, 0.2) is 30.5 Å². The first-order chi connectivity index (χ1) is 7.65. The summed E-state index contributed by atoms with van der Waals surface area (Å²) in [5, 5.41) is 9.86. The first-order valence-electron chi connectivity index (χ1n) is 5.21. The van der Waals surface area contributed by atoms with Gasteiger partial charge in [-0.25, -0.2) is 0 Å². The SMILES string of the molecule is CCn1cc(C(N)C(=O)O)c2ccccc21. The molecule has 0 bridgehead atoms. The molecule has 84 valence electrons. The number of carbonyl (C=O) groups is 1. The quantitative estimate of drug-likeness (QED) is 0.824. The Bertz CT molecular complexity index is 531. The van der Waals surface area contributed by atoms with Crippen LogP contribution in [0, 0.1) is 0 Å². The van der Waals surface area contributed by atoms with E-state index in [1.807, 2.05) is 42.0 Å². The molecule has 1 unspecified atom stereocenters. The van der Waals surface area contributed by atoms with Crippen LogP contribution in [-0.4, -0.2) is 15.6 Å². The summed E-state index contributed by atoms with van der Waals surface area (Å²) in [6.07, 6.45) is 1.82. The van der Waals surface area contributed by atoms with Gasteiger partial charge < -0.3 is 15.4 Å². The summed E-state index contributed by atoms with van der Waals surface area (Å²) in [4.78, 5) is 10.9. The van der Waals surface area contributed by atoms with Crippen LogP contribution in [0.1, 0.15) is 18.5 Å². The Morgan fingerprint density at radius 1 is 1.50 bits per heavy atom. The minimum atomic E-state index is -1.00. The lowest BCUT2D eigenvalue weighted by atomic mass is 10.1. The van der Waals surface area contributed by atoms with Crippen molar-refractivity contribution >= 4 is 16.9 Å². The zero-order valence-electron chi connectivity index (χ0n) is 9.05. The van der Waals surface area contributed by atoms with Gasteiger partial charge in [0.05, 0.1) is 0 Å². The Morgan fingerprint density at radius 3 is 2.81 bits per heavy atom. The summed E-state index contributed by atoms with van der Waals surface area (Å²) in [6, 6.07) is 6.74. The number of nitrogens with two attached hydrogens (primary N) is 1. The molecule has 0 aliphatic heterocycles. The molecule has 0 saturated carbocycles. The largest absolute Gasteiger partial charge is 0.480 e. The summed E-state index contributed by atoms with van der Waals surface area (Å²) in [5.41, 5.74) is 7.36. The van der Waals surface area contributed by atoms with Gasteiger partial charge in [0, 0.05) is 29.2 Å². The number of fused-ring (bicyclic) bond motifs is 1. The van der Waals surface area contributed by atoms with Crippen LogP contribution >= 0.6 is 0 Å². The van der Waals surface area contributed by atoms with E-state index < -0.39 is 12.0 Å². The van der Waals surface area contributed by atoms with Crippen molar-refractivity contribution in [1.29, 1.82) is 0 Å². The highest BCUT2D eigenvalue weighted by atomic mass is 16.4. The molecule has 0 amide bonds. The summed E-state index contributed by atoms with van der Waals surface area (Å²) in [7, 11) is 0. The van der Waals surface area contributed by atoms with E-state index in [0.29, 0.717) is 5.56 Å². The van der Waals surface area contributed by atoms with Crippen molar-refractivity contribution in [3.8, 4) is 0 Å². The molecule has 0 fully saturated rings. The van der Waals surface area contributed by atoms with Gasteiger partial charge in [-0.1, -0.05) is 18.2 Å². The molecule has 0 radical (unpaired) electrons. The first kappa shape index (κ1) is 10.7. The van der Waals surface area contributed by atoms with E-state index in [9.17, 15) is 4.79 Å². The minimum absolute atomic E-state index is 0.671. The van der Waals surface area contributed by atoms with Crippen molar-refractivity contribution in [3.63, 3.8) is 0 Å². The standard InChI is InChI=1S/C12H14N2O2/c1-2-14-7-9(11(13)12(15)16)8-5-3-4-6-10(8)14/h3-7,11H,2,13H2,1H3,(H,15,16). The monoisotopic (exact) mass is 218 g/mol. The molecule has 1 aromatic carbocycles. The number of carboxylic acids is 1. The Balaban J connectivity index is 2.66. The topological polar surface area (TPSA) is 68.2 Å². The van der Waals surface area contributed by atoms with Gasteiger partial charge >= 0.3 is 5.97 Å². The number of carboxylic acid groups (broad SMARTS) is 1. The molecular weight excluding hydrogens is 204 g/mol. The van der Waals surface area contributed by atoms with Gasteiger partial charge in [0.1, 0.15) is 6.04 Å². The third kappa shape index (κ3) is 1.57. The molecular formula is C12H14N2O2. The van der Waals surface area contributed by atoms with Crippen LogP contribution in [0.25, 0.3) is 10.9 Å². The molecule has 4 heteroatoms. The molecule has 1 heterocycles. The lowest BCUT2D eigenvalue weighted by Gasteiger charge is -2.03. The number of nitrogens with zero attached hydrogens (tertiary/aromatic N) is 1. The number of hydrogen-bond donors (Lipinski definition) is 2. The second kappa shape index (κ2) is 3.98. The highest BCUT2D eigenvalue weighted by Gasteiger charge is 2.19. The van der Waals surface area contributed by atoms with Crippen LogP contribution in [0.3, 0.4) is 0 Å². The van der Waals surface area contributed by atoms with Gasteiger partial charge in [-0.3, -0.25) is 4.79 Å². The van der Waals surface area contributed by atoms with Crippen LogP contribution in [0.4, 0.5) is 0 Å². The summed E-state index contributed by atoms with van der Waals surface area (Å²) in [5.74, 6) is -1.00. The van der Waals surface area contributed by atoms with Crippen molar-refractivity contribution in [2.45, 2.75) is 19.5 Å². The fourth-order valence-corrected chi connectivity index (χ4v) is 1.92. The number of aromatic nitrogens is 1. The van der Waals surface area contributed by atoms with E-state index >= 15 is 0 Å². The van der Waals surface area contributed by atoms with E-state index in [0.717, 1.165) is 17.4 Å². The average Bonchev–Trinajstić information content (AvgIpc) is 2.66. The van der Waals surface area contributed by atoms with E-state index in [1.54, 1.807) is 0 Å². The second-order valence-electron chi connectivity index (χ2n) is 3.70. The molecule has 16 heavy (non-hydrogen) atoms. The van der Waals surface area contributed by atoms with Crippen molar-refractivity contribution in [1.82, 2.24) is 4.57 Å². The van der Waals surface area contributed by atoms with Gasteiger partial charge in [0.2, 0.25) is 0 Å². The van der Waals surface area contributed by atoms with E-state index in [2.05, 4.69) is 0 Å². The molecule has 0 spiro atoms. The highest BCUT2D eigenvalue weighted by molar-refractivity contribution is 5.89. The maximum absolute atomic E-state index is 10.9. The van der Waals surface area contributed by atoms with E-state index in [-0.39, 0.29) is 0 Å². The Hall–Kier alpha value is -1.81. The van der Waals surface area contributed by atoms with Crippen molar-refractivity contribution < 1.29 is 9.90 Å². The highest BCUT2D eigenvalue weighted by Crippen LogP contribution is 2.25. The smallest absolute Gasteiger partial charge is 0.325 e. The summed E-state index contributed by atoms with van der Waals surface area (Å²) < 4.78 is 2.01. The zero-order valence-corrected chi connectivity index (χ0v) is 9.05. The molecule has 4 nitrogen and oxygen atoms in total. The zero-order chi connectivity index (χ0) is 11.7. The van der Waals surface area contributed by atoms with Crippen LogP contribution in [0.5, 0.6) is 0 Å². The van der Waals surface area contributed by atoms with Crippen molar-refractivity contribution in [2.75, 3.05) is 0 Å². The molecule has 0 aliphatic carbocycles. The lowest BCUT2D eigenvalue weighted by molar-refractivity contribution is -0.138. The normalized spacial score (nSPS) is 12.9. The van der Waals surface area contributed by atoms with Gasteiger partial charge in [-0.05, 0) is 13.0 Å². The maximum atomic E-state index is 10.9. The van der Waals surface area contributed by atoms with Crippen LogP contribution < -0.4 is 5.73 Å². The average molecular weight is 218 g/mol. The van der Waals surface area contributed by atoms with Gasteiger partial charge in [-0.15, -0.1) is 0 Å². The van der Waals surface area contributed by atoms with Crippen molar-refractivity contribution in [3.05, 3.63) is 36.0 Å². The number of benzene rings is 1. The molecule has 1 atom stereocenters. The van der Waals surface area contributed by atoms with Gasteiger partial charge in [0.15, 0.2) is 0 Å². The minimum Gasteiger partial charge on any atom is -0.480 e. The molecule has 0 saturated heterocycles. The molecule has 2 aromatic rings. The fourth-order valence-electron chi connectivity index (χ4n) is 1.92. The molecule has 0 aliphatic rings. The summed E-state index contributed by atoms with van der Waals surface area (Å²) >= 11 is 0. The van der Waals surface area contributed by atoms with Crippen LogP contribution in [-0.2, 0) is 11.3 Å². The fraction of sp³-hybridized carbons (Fsp3) is 0.250. The molecule has 2 rings (SSSR count). The van der Waals surface area contributed by atoms with Crippen LogP contribution in [0.2, 0.25) is 0 Å². The number of hydrogen-bond acceptors (Lipinski definition) is 2. The van der Waals surface area contributed by atoms with E-state index in [1.165, 1.54) is 0 Å². The number of aryl methyl sites for hydroxylation is 1. The van der Waals surface area contributed by atoms with Crippen molar-refractivity contribution in [2.24, 2.45) is 5.73 Å². The number of para-hydroxylation sites is 1. The molecule has 3 N–H and O–H groups in total. The van der Waals surface area contributed by atoms with Gasteiger partial charge in [0.25, 0.3) is 0 Å². The molecule has 1 aromatic heterocycles. The maximum Gasteiger partial charge on any atom is 0.325 e. The summed E-state index contributed by atoms with van der Waals surface area (Å²) in [6.45, 7) is 2.81. The second-order valence-corrected chi connectivity index (χ2v) is 3.70. The third-order valence-corrected chi connectivity index (χ3v) is 2.76. The Labute approximate surface area is 93.3 Å². The lowest BCUT2D eigenvalue weighted by Crippen LogP contribution is -2.20. The predicted octanol–water partition coefficient (Wildman–Crippen LogP) is 1.75. The van der Waals surface area contributed by atoms with E-state index in [4.69, 9.17) is 10.8 Å². The van der Waals surface area contributed by atoms with Gasteiger partial charge in [-0.2, -0.15) is 0 Å². The Kier molecular flexibility index (Phi) is 2.66. The predicted molar refractivity (Wildman–Crippen MR) is 62.2 cm³/mol. The first-order valence-corrected chi connectivity index (χ1v) is 5.21. The number of aliphatic carboxylic acids is 1. The number of rotatable bonds is 3. The Morgan fingerprint density at radius 2 is 2.19 bits per heavy atom.